The van der Waals surface area contributed by atoms with E-state index in [4.69, 9.17) is 5.73 Å². The quantitative estimate of drug-likeness (QED) is 0.743. The van der Waals surface area contributed by atoms with Gasteiger partial charge in [-0.1, -0.05) is 0 Å². The van der Waals surface area contributed by atoms with Crippen LogP contribution in [0.3, 0.4) is 0 Å². The van der Waals surface area contributed by atoms with E-state index in [0.717, 1.165) is 42.1 Å². The highest BCUT2D eigenvalue weighted by Crippen LogP contribution is 2.28. The van der Waals surface area contributed by atoms with Gasteiger partial charge in [0, 0.05) is 18.0 Å². The van der Waals surface area contributed by atoms with Crippen LogP contribution in [0.5, 0.6) is 0 Å². The molecule has 1 aromatic heterocycles. The van der Waals surface area contributed by atoms with Gasteiger partial charge in [-0.3, -0.25) is 0 Å². The lowest BCUT2D eigenvalue weighted by Gasteiger charge is -2.14. The summed E-state index contributed by atoms with van der Waals surface area (Å²) in [6, 6.07) is 8.70. The molecule has 0 spiro atoms. The van der Waals surface area contributed by atoms with Crippen LogP contribution in [-0.2, 0) is 26.2 Å². The highest BCUT2D eigenvalue weighted by atomic mass is 32.2. The lowest BCUT2D eigenvalue weighted by molar-refractivity contribution is 0.359. The Morgan fingerprint density at radius 2 is 1.54 bits per heavy atom. The van der Waals surface area contributed by atoms with Crippen LogP contribution in [0, 0.1) is 0 Å². The molecule has 0 aliphatic carbocycles. The van der Waals surface area contributed by atoms with E-state index >= 15 is 0 Å². The van der Waals surface area contributed by atoms with E-state index in [1.165, 1.54) is 30.3 Å². The van der Waals surface area contributed by atoms with E-state index in [1.807, 2.05) is 0 Å². The smallest absolute Gasteiger partial charge is 0.215 e. The Balaban J connectivity index is 1.76. The Bertz CT molecular complexity index is 958. The molecule has 1 aliphatic rings. The Morgan fingerprint density at radius 1 is 0.923 bits per heavy atom. The minimum atomic E-state index is -3.66. The first-order valence-electron chi connectivity index (χ1n) is 8.42. The first-order valence-corrected chi connectivity index (χ1v) is 12.4. The average molecular weight is 415 g/mol. The van der Waals surface area contributed by atoms with Crippen molar-refractivity contribution in [3.8, 4) is 0 Å². The first kappa shape index (κ1) is 19.5. The molecule has 0 atom stereocenters. The van der Waals surface area contributed by atoms with Crippen molar-refractivity contribution < 1.29 is 16.8 Å². The number of hydrogen-bond donors (Lipinski definition) is 1. The lowest BCUT2D eigenvalue weighted by Crippen LogP contribution is -2.26. The molecule has 142 valence electrons. The molecule has 6 nitrogen and oxygen atoms in total. The van der Waals surface area contributed by atoms with Crippen LogP contribution in [0.4, 0.5) is 0 Å². The fourth-order valence-corrected chi connectivity index (χ4v) is 6.85. The molecule has 0 bridgehead atoms. The van der Waals surface area contributed by atoms with Crippen LogP contribution in [0.25, 0.3) is 0 Å². The maximum atomic E-state index is 12.6. The number of nitrogens with zero attached hydrogens (tertiary/aromatic N) is 1. The Hall–Kier alpha value is -1.26. The number of benzene rings is 1. The molecule has 3 rings (SSSR count). The van der Waals surface area contributed by atoms with Crippen LogP contribution >= 0.6 is 11.3 Å². The zero-order chi connectivity index (χ0) is 18.8. The van der Waals surface area contributed by atoms with Crippen molar-refractivity contribution in [2.75, 3.05) is 25.4 Å². The second-order valence-corrected chi connectivity index (χ2v) is 11.7. The van der Waals surface area contributed by atoms with Crippen molar-refractivity contribution in [3.05, 3.63) is 41.3 Å². The molecule has 26 heavy (non-hydrogen) atoms. The zero-order valence-corrected chi connectivity index (χ0v) is 16.7. The van der Waals surface area contributed by atoms with E-state index in [1.54, 1.807) is 6.07 Å². The predicted octanol–water partition coefficient (Wildman–Crippen LogP) is 1.91. The number of nitrogens with two attached hydrogens (primary N) is 1. The second kappa shape index (κ2) is 7.77. The van der Waals surface area contributed by atoms with Gasteiger partial charge < -0.3 is 10.6 Å². The molecule has 0 unspecified atom stereocenters. The highest BCUT2D eigenvalue weighted by Gasteiger charge is 2.22. The van der Waals surface area contributed by atoms with Crippen molar-refractivity contribution in [1.82, 2.24) is 4.90 Å². The summed E-state index contributed by atoms with van der Waals surface area (Å²) in [5.41, 5.74) is 5.53. The SMILES string of the molecule is NCc1ccc(S(=O)(=O)c2ccc(S(=O)(=O)CCN3CCCC3)cc2)s1. The molecule has 0 amide bonds. The number of likely N-dealkylation sites (tertiary alicyclic amines) is 1. The first-order chi connectivity index (χ1) is 12.3. The van der Waals surface area contributed by atoms with Crippen LogP contribution in [0.1, 0.15) is 17.7 Å². The molecule has 1 aromatic carbocycles. The second-order valence-electron chi connectivity index (χ2n) is 6.27. The van der Waals surface area contributed by atoms with Crippen molar-refractivity contribution in [2.24, 2.45) is 5.73 Å². The maximum absolute atomic E-state index is 12.6. The van der Waals surface area contributed by atoms with Gasteiger partial charge in [0.25, 0.3) is 0 Å². The molecule has 1 saturated heterocycles. The minimum absolute atomic E-state index is 0.0455. The van der Waals surface area contributed by atoms with Gasteiger partial charge in [-0.25, -0.2) is 16.8 Å². The zero-order valence-electron chi connectivity index (χ0n) is 14.3. The normalized spacial score (nSPS) is 16.2. The van der Waals surface area contributed by atoms with Gasteiger partial charge in [-0.05, 0) is 62.3 Å². The largest absolute Gasteiger partial charge is 0.326 e. The van der Waals surface area contributed by atoms with Crippen LogP contribution in [0.2, 0.25) is 0 Å². The van der Waals surface area contributed by atoms with E-state index < -0.39 is 19.7 Å². The molecule has 0 radical (unpaired) electrons. The molecule has 0 saturated carbocycles. The third kappa shape index (κ3) is 4.17. The molecule has 2 heterocycles. The molecule has 1 fully saturated rings. The fraction of sp³-hybridized carbons (Fsp3) is 0.412. The van der Waals surface area contributed by atoms with Gasteiger partial charge in [-0.2, -0.15) is 0 Å². The van der Waals surface area contributed by atoms with Crippen molar-refractivity contribution >= 4 is 31.0 Å². The summed E-state index contributed by atoms with van der Waals surface area (Å²) in [5, 5.41) is 0. The van der Waals surface area contributed by atoms with E-state index in [0.29, 0.717) is 6.54 Å². The fourth-order valence-electron chi connectivity index (χ4n) is 2.93. The van der Waals surface area contributed by atoms with Gasteiger partial charge in [0.05, 0.1) is 15.5 Å². The third-order valence-electron chi connectivity index (χ3n) is 4.47. The van der Waals surface area contributed by atoms with E-state index in [-0.39, 0.29) is 26.3 Å². The van der Waals surface area contributed by atoms with Crippen molar-refractivity contribution in [2.45, 2.75) is 33.4 Å². The summed E-state index contributed by atoms with van der Waals surface area (Å²) in [7, 11) is -7.08. The van der Waals surface area contributed by atoms with Crippen LogP contribution in [0.15, 0.2) is 50.4 Å². The minimum Gasteiger partial charge on any atom is -0.326 e. The van der Waals surface area contributed by atoms with Crippen LogP contribution in [-0.4, -0.2) is 47.1 Å². The standard InChI is InChI=1S/C17H22N2O4S3/c18-13-14-3-8-17(24-14)26(22,23)16-6-4-15(5-7-16)25(20,21)12-11-19-9-1-2-10-19/h3-8H,1-2,9-13,18H2. The molecule has 1 aliphatic heterocycles. The van der Waals surface area contributed by atoms with E-state index in [2.05, 4.69) is 4.90 Å². The van der Waals surface area contributed by atoms with Gasteiger partial charge in [0.1, 0.15) is 4.21 Å². The van der Waals surface area contributed by atoms with Gasteiger partial charge >= 0.3 is 0 Å². The van der Waals surface area contributed by atoms with Gasteiger partial charge in [0.2, 0.25) is 9.84 Å². The summed E-state index contributed by atoms with van der Waals surface area (Å²) in [4.78, 5) is 3.16. The monoisotopic (exact) mass is 414 g/mol. The van der Waals surface area contributed by atoms with Crippen molar-refractivity contribution in [1.29, 1.82) is 0 Å². The summed E-state index contributed by atoms with van der Waals surface area (Å²) < 4.78 is 50.4. The molecule has 2 aromatic rings. The maximum Gasteiger partial charge on any atom is 0.215 e. The Kier molecular flexibility index (Phi) is 5.83. The molecular formula is C17H22N2O4S3. The molecule has 9 heteroatoms. The number of thiophene rings is 1. The topological polar surface area (TPSA) is 97.5 Å². The Morgan fingerprint density at radius 3 is 2.12 bits per heavy atom. The summed E-state index contributed by atoms with van der Waals surface area (Å²) >= 11 is 1.13. The number of sulfone groups is 2. The third-order valence-corrected chi connectivity index (χ3v) is 9.55. The van der Waals surface area contributed by atoms with Gasteiger partial charge in [0.15, 0.2) is 9.84 Å². The summed E-state index contributed by atoms with van der Waals surface area (Å²) in [6.07, 6.45) is 2.22. The predicted molar refractivity (Wildman–Crippen MR) is 102 cm³/mol. The molecule has 2 N–H and O–H groups in total. The Labute approximate surface area is 158 Å². The average Bonchev–Trinajstić information content (AvgIpc) is 3.32. The highest BCUT2D eigenvalue weighted by molar-refractivity contribution is 7.93. The summed E-state index contributed by atoms with van der Waals surface area (Å²) in [6.45, 7) is 2.68. The number of hydrogen-bond acceptors (Lipinski definition) is 7. The molecular weight excluding hydrogens is 392 g/mol. The lowest BCUT2D eigenvalue weighted by atomic mass is 10.4. The van der Waals surface area contributed by atoms with Crippen molar-refractivity contribution in [3.63, 3.8) is 0 Å². The summed E-state index contributed by atoms with van der Waals surface area (Å²) in [5.74, 6) is 0.0455. The van der Waals surface area contributed by atoms with Gasteiger partial charge in [-0.15, -0.1) is 11.3 Å². The number of rotatable bonds is 7. The van der Waals surface area contributed by atoms with E-state index in [9.17, 15) is 16.8 Å². The van der Waals surface area contributed by atoms with Crippen LogP contribution < -0.4 is 5.73 Å².